The number of carbonyl (C=O) groups excluding carboxylic acids is 1. The lowest BCUT2D eigenvalue weighted by molar-refractivity contribution is -0.326. The van der Waals surface area contributed by atoms with E-state index in [2.05, 4.69) is 16.6 Å². The molecule has 1 fully saturated rings. The summed E-state index contributed by atoms with van der Waals surface area (Å²) in [6.07, 6.45) is -15.6. The first-order valence-electron chi connectivity index (χ1n) is 11.5. The minimum atomic E-state index is -3.91. The van der Waals surface area contributed by atoms with Gasteiger partial charge in [-0.15, -0.1) is 0 Å². The van der Waals surface area contributed by atoms with Gasteiger partial charge in [0.25, 0.3) is 5.91 Å². The van der Waals surface area contributed by atoms with Crippen LogP contribution in [0, 0.1) is 0 Å². The number of aliphatic hydroxyl groups is 8. The van der Waals surface area contributed by atoms with Gasteiger partial charge < -0.3 is 55.6 Å². The monoisotopic (exact) mass is 566 g/mol. The van der Waals surface area contributed by atoms with E-state index in [9.17, 15) is 54.1 Å². The van der Waals surface area contributed by atoms with Gasteiger partial charge in [-0.3, -0.25) is 4.79 Å². The SMILES string of the molecule is C=Cc1ccc(S(=O)(=O)NCCNC(=O)[C@H](O)[C@@H](O)[C@H](O[C@@H]2O[C@H](CO)[C@H](O)[C@H](O)[C@H]2O)[C@H](O)CO)cc1. The summed E-state index contributed by atoms with van der Waals surface area (Å²) in [7, 11) is -3.91. The Morgan fingerprint density at radius 2 is 1.68 bits per heavy atom. The molecule has 1 amide bonds. The average molecular weight is 567 g/mol. The van der Waals surface area contributed by atoms with Crippen molar-refractivity contribution in [2.24, 2.45) is 0 Å². The molecule has 0 unspecified atom stereocenters. The van der Waals surface area contributed by atoms with E-state index in [1.807, 2.05) is 0 Å². The van der Waals surface area contributed by atoms with Crippen molar-refractivity contribution in [1.82, 2.24) is 10.0 Å². The highest BCUT2D eigenvalue weighted by Gasteiger charge is 2.47. The summed E-state index contributed by atoms with van der Waals surface area (Å²) < 4.78 is 37.2. The maximum Gasteiger partial charge on any atom is 0.251 e. The maximum atomic E-state index is 12.3. The van der Waals surface area contributed by atoms with Crippen LogP contribution in [0.25, 0.3) is 6.08 Å². The molecule has 0 radical (unpaired) electrons. The number of rotatable bonds is 14. The Bertz CT molecular complexity index is 1010. The van der Waals surface area contributed by atoms with E-state index >= 15 is 0 Å². The van der Waals surface area contributed by atoms with Crippen molar-refractivity contribution in [2.45, 2.75) is 60.0 Å². The Balaban J connectivity index is 1.96. The zero-order chi connectivity index (χ0) is 28.6. The maximum absolute atomic E-state index is 12.3. The number of hydrogen-bond donors (Lipinski definition) is 10. The molecule has 0 aliphatic carbocycles. The molecule has 1 aromatic carbocycles. The molecular formula is C22H34N2O13S. The lowest BCUT2D eigenvalue weighted by Gasteiger charge is -2.42. The number of ether oxygens (including phenoxy) is 2. The van der Waals surface area contributed by atoms with Crippen molar-refractivity contribution >= 4 is 22.0 Å². The number of hydrogen-bond acceptors (Lipinski definition) is 13. The topological polar surface area (TPSA) is 256 Å². The van der Waals surface area contributed by atoms with Crippen molar-refractivity contribution in [3.63, 3.8) is 0 Å². The normalized spacial score (nSPS) is 27.2. The smallest absolute Gasteiger partial charge is 0.251 e. The van der Waals surface area contributed by atoms with Gasteiger partial charge in [-0.25, -0.2) is 13.1 Å². The van der Waals surface area contributed by atoms with Crippen LogP contribution in [0.1, 0.15) is 5.56 Å². The average Bonchev–Trinajstić information content (AvgIpc) is 2.92. The fourth-order valence-electron chi connectivity index (χ4n) is 3.51. The van der Waals surface area contributed by atoms with E-state index in [4.69, 9.17) is 9.47 Å². The van der Waals surface area contributed by atoms with E-state index in [0.717, 1.165) is 0 Å². The van der Waals surface area contributed by atoms with E-state index in [0.29, 0.717) is 5.56 Å². The molecule has 2 rings (SSSR count). The molecule has 0 bridgehead atoms. The molecule has 1 heterocycles. The van der Waals surface area contributed by atoms with Crippen molar-refractivity contribution in [3.05, 3.63) is 36.4 Å². The molecule has 0 aromatic heterocycles. The van der Waals surface area contributed by atoms with E-state index in [1.54, 1.807) is 12.1 Å². The third-order valence-electron chi connectivity index (χ3n) is 5.78. The van der Waals surface area contributed by atoms with Crippen molar-refractivity contribution in [3.8, 4) is 0 Å². The quantitative estimate of drug-likeness (QED) is 0.0948. The summed E-state index contributed by atoms with van der Waals surface area (Å²) in [5, 5.41) is 81.4. The van der Waals surface area contributed by atoms with Crippen LogP contribution in [-0.2, 0) is 24.3 Å². The molecular weight excluding hydrogens is 532 g/mol. The highest BCUT2D eigenvalue weighted by atomic mass is 32.2. The standard InChI is InChI=1S/C22H34N2O13S/c1-2-11-3-5-12(6-4-11)38(34,35)24-8-7-23-21(33)18(31)17(30)20(13(27)9-25)37-22-19(32)16(29)15(28)14(10-26)36-22/h2-6,13-20,22,24-32H,1,7-10H2,(H,23,33)/t13-,14-,15+,16+,17-,18-,19-,20-,22+/m1/s1. The predicted molar refractivity (Wildman–Crippen MR) is 128 cm³/mol. The lowest BCUT2D eigenvalue weighted by Crippen LogP contribution is -2.62. The van der Waals surface area contributed by atoms with Gasteiger partial charge in [0.1, 0.15) is 42.7 Å². The number of benzene rings is 1. The van der Waals surface area contributed by atoms with Crippen LogP contribution in [0.2, 0.25) is 0 Å². The van der Waals surface area contributed by atoms with Gasteiger partial charge in [0, 0.05) is 13.1 Å². The molecule has 1 saturated heterocycles. The first-order valence-corrected chi connectivity index (χ1v) is 13.0. The summed E-state index contributed by atoms with van der Waals surface area (Å²) in [6, 6.07) is 5.81. The molecule has 1 aliphatic heterocycles. The molecule has 9 atom stereocenters. The molecule has 16 heteroatoms. The zero-order valence-electron chi connectivity index (χ0n) is 20.1. The number of carbonyl (C=O) groups is 1. The molecule has 0 saturated carbocycles. The second-order valence-corrected chi connectivity index (χ2v) is 10.2. The van der Waals surface area contributed by atoms with Crippen LogP contribution in [0.5, 0.6) is 0 Å². The van der Waals surface area contributed by atoms with Crippen molar-refractivity contribution in [1.29, 1.82) is 0 Å². The van der Waals surface area contributed by atoms with Crippen LogP contribution < -0.4 is 10.0 Å². The van der Waals surface area contributed by atoms with Crippen LogP contribution in [0.4, 0.5) is 0 Å². The van der Waals surface area contributed by atoms with Gasteiger partial charge in [-0.05, 0) is 17.7 Å². The number of sulfonamides is 1. The van der Waals surface area contributed by atoms with Gasteiger partial charge in [0.15, 0.2) is 12.4 Å². The fourth-order valence-corrected chi connectivity index (χ4v) is 4.55. The largest absolute Gasteiger partial charge is 0.394 e. The van der Waals surface area contributed by atoms with Gasteiger partial charge in [-0.1, -0.05) is 24.8 Å². The number of amides is 1. The molecule has 1 aliphatic rings. The van der Waals surface area contributed by atoms with Crippen LogP contribution in [0.15, 0.2) is 35.7 Å². The Kier molecular flexibility index (Phi) is 12.2. The third kappa shape index (κ3) is 7.98. The summed E-state index contributed by atoms with van der Waals surface area (Å²) in [5.74, 6) is -1.19. The molecule has 10 N–H and O–H groups in total. The first kappa shape index (κ1) is 32.2. The van der Waals surface area contributed by atoms with E-state index in [1.165, 1.54) is 18.2 Å². The summed E-state index contributed by atoms with van der Waals surface area (Å²) in [5.41, 5.74) is 0.712. The molecule has 216 valence electrons. The van der Waals surface area contributed by atoms with Crippen LogP contribution in [0.3, 0.4) is 0 Å². The minimum Gasteiger partial charge on any atom is -0.394 e. The van der Waals surface area contributed by atoms with Gasteiger partial charge in [0.05, 0.1) is 18.1 Å². The first-order chi connectivity index (χ1) is 17.9. The van der Waals surface area contributed by atoms with E-state index < -0.39 is 84.3 Å². The summed E-state index contributed by atoms with van der Waals surface area (Å²) in [6.45, 7) is 1.15. The fraction of sp³-hybridized carbons (Fsp3) is 0.591. The Morgan fingerprint density at radius 3 is 2.24 bits per heavy atom. The number of nitrogens with one attached hydrogen (secondary N) is 2. The zero-order valence-corrected chi connectivity index (χ0v) is 21.0. The Morgan fingerprint density at radius 1 is 1.05 bits per heavy atom. The summed E-state index contributed by atoms with van der Waals surface area (Å²) >= 11 is 0. The molecule has 38 heavy (non-hydrogen) atoms. The van der Waals surface area contributed by atoms with Gasteiger partial charge >= 0.3 is 0 Å². The van der Waals surface area contributed by atoms with Crippen LogP contribution >= 0.6 is 0 Å². The molecule has 0 spiro atoms. The second kappa shape index (κ2) is 14.4. The van der Waals surface area contributed by atoms with Gasteiger partial charge in [-0.2, -0.15) is 0 Å². The van der Waals surface area contributed by atoms with Gasteiger partial charge in [0.2, 0.25) is 10.0 Å². The second-order valence-electron chi connectivity index (χ2n) is 8.45. The highest BCUT2D eigenvalue weighted by molar-refractivity contribution is 7.89. The Labute approximate surface area is 218 Å². The van der Waals surface area contributed by atoms with Crippen molar-refractivity contribution < 1.29 is 63.5 Å². The van der Waals surface area contributed by atoms with Crippen molar-refractivity contribution in [2.75, 3.05) is 26.3 Å². The molecule has 1 aromatic rings. The molecule has 15 nitrogen and oxygen atoms in total. The van der Waals surface area contributed by atoms with Crippen LogP contribution in [-0.4, -0.2) is 137 Å². The Hall–Kier alpha value is -2.06. The third-order valence-corrected chi connectivity index (χ3v) is 7.25. The van der Waals surface area contributed by atoms with E-state index in [-0.39, 0.29) is 18.0 Å². The summed E-state index contributed by atoms with van der Waals surface area (Å²) in [4.78, 5) is 12.3. The number of aliphatic hydroxyl groups excluding tert-OH is 8. The lowest BCUT2D eigenvalue weighted by atomic mass is 9.98. The highest BCUT2D eigenvalue weighted by Crippen LogP contribution is 2.25. The minimum absolute atomic E-state index is 0.0314. The predicted octanol–water partition coefficient (Wildman–Crippen LogP) is -5.02.